The summed E-state index contributed by atoms with van der Waals surface area (Å²) in [5, 5.41) is 9.56. The predicted molar refractivity (Wildman–Crippen MR) is 125 cm³/mol. The van der Waals surface area contributed by atoms with E-state index in [9.17, 15) is 5.11 Å². The van der Waals surface area contributed by atoms with E-state index in [0.29, 0.717) is 13.0 Å². The van der Waals surface area contributed by atoms with Crippen LogP contribution in [0.25, 0.3) is 0 Å². The highest BCUT2D eigenvalue weighted by molar-refractivity contribution is 6.74. The lowest BCUT2D eigenvalue weighted by molar-refractivity contribution is -0.318. The molecule has 0 aliphatic carbocycles. The highest BCUT2D eigenvalue weighted by Crippen LogP contribution is 2.45. The van der Waals surface area contributed by atoms with Crippen LogP contribution in [0.3, 0.4) is 0 Å². The van der Waals surface area contributed by atoms with Crippen LogP contribution in [0.15, 0.2) is 42.0 Å². The molecular formula is C25H40O5Si. The second kappa shape index (κ2) is 9.46. The fourth-order valence-electron chi connectivity index (χ4n) is 3.89. The van der Waals surface area contributed by atoms with Crippen LogP contribution in [0.5, 0.6) is 0 Å². The summed E-state index contributed by atoms with van der Waals surface area (Å²) in [6.45, 7) is 16.0. The van der Waals surface area contributed by atoms with Gasteiger partial charge in [0.25, 0.3) is 0 Å². The summed E-state index contributed by atoms with van der Waals surface area (Å²) < 4.78 is 26.0. The Morgan fingerprint density at radius 2 is 1.90 bits per heavy atom. The minimum Gasteiger partial charge on any atom is -0.411 e. The topological polar surface area (TPSA) is 57.2 Å². The highest BCUT2D eigenvalue weighted by atomic mass is 28.4. The van der Waals surface area contributed by atoms with Crippen molar-refractivity contribution in [3.63, 3.8) is 0 Å². The monoisotopic (exact) mass is 448 g/mol. The van der Waals surface area contributed by atoms with Gasteiger partial charge in [0.15, 0.2) is 14.6 Å². The van der Waals surface area contributed by atoms with Gasteiger partial charge in [-0.15, -0.1) is 0 Å². The number of rotatable bonds is 6. The normalized spacial score (nSPS) is 32.6. The van der Waals surface area contributed by atoms with E-state index in [0.717, 1.165) is 17.6 Å². The van der Waals surface area contributed by atoms with Crippen LogP contribution >= 0.6 is 0 Å². The van der Waals surface area contributed by atoms with E-state index in [1.165, 1.54) is 0 Å². The first-order valence-electron chi connectivity index (χ1n) is 11.4. The van der Waals surface area contributed by atoms with Gasteiger partial charge in [-0.3, -0.25) is 0 Å². The third-order valence-electron chi connectivity index (χ3n) is 7.09. The zero-order chi connectivity index (χ0) is 22.9. The number of hydrogen-bond donors (Lipinski definition) is 1. The van der Waals surface area contributed by atoms with Crippen molar-refractivity contribution in [3.8, 4) is 0 Å². The van der Waals surface area contributed by atoms with Gasteiger partial charge in [0.2, 0.25) is 0 Å². The molecule has 0 aromatic heterocycles. The summed E-state index contributed by atoms with van der Waals surface area (Å²) in [6.07, 6.45) is 2.85. The Bertz CT molecular complexity index is 757. The summed E-state index contributed by atoms with van der Waals surface area (Å²) in [6, 6.07) is 10.1. The highest BCUT2D eigenvalue weighted by Gasteiger charge is 2.52. The molecule has 1 unspecified atom stereocenters. The van der Waals surface area contributed by atoms with Crippen molar-refractivity contribution in [3.05, 3.63) is 47.5 Å². The number of benzene rings is 1. The molecule has 0 amide bonds. The summed E-state index contributed by atoms with van der Waals surface area (Å²) >= 11 is 0. The lowest BCUT2D eigenvalue weighted by Crippen LogP contribution is -2.61. The molecule has 1 aromatic carbocycles. The first-order valence-corrected chi connectivity index (χ1v) is 14.3. The zero-order valence-corrected chi connectivity index (χ0v) is 21.2. The van der Waals surface area contributed by atoms with E-state index < -0.39 is 13.9 Å². The van der Waals surface area contributed by atoms with Crippen LogP contribution in [0.4, 0.5) is 0 Å². The van der Waals surface area contributed by atoms with Gasteiger partial charge in [-0.2, -0.15) is 0 Å². The van der Waals surface area contributed by atoms with Gasteiger partial charge < -0.3 is 23.7 Å². The van der Waals surface area contributed by atoms with Crippen molar-refractivity contribution in [1.29, 1.82) is 0 Å². The molecular weight excluding hydrogens is 408 g/mol. The minimum atomic E-state index is -2.02. The fraction of sp³-hybridized carbons (Fsp3) is 0.680. The summed E-state index contributed by atoms with van der Waals surface area (Å²) in [5.74, 6) is 0. The van der Waals surface area contributed by atoms with Gasteiger partial charge in [0, 0.05) is 12.0 Å². The van der Waals surface area contributed by atoms with E-state index in [4.69, 9.17) is 18.6 Å². The van der Waals surface area contributed by atoms with E-state index in [2.05, 4.69) is 46.9 Å². The molecule has 0 bridgehead atoms. The van der Waals surface area contributed by atoms with E-state index >= 15 is 0 Å². The molecule has 5 nitrogen and oxygen atoms in total. The van der Waals surface area contributed by atoms with Crippen LogP contribution in [0, 0.1) is 0 Å². The lowest BCUT2D eigenvalue weighted by Gasteiger charge is -2.53. The molecule has 5 atom stereocenters. The number of aliphatic hydroxyl groups excluding tert-OH is 1. The molecule has 1 N–H and O–H groups in total. The number of hydrogen-bond acceptors (Lipinski definition) is 5. The minimum absolute atomic E-state index is 0.0564. The molecule has 2 saturated heterocycles. The maximum absolute atomic E-state index is 9.46. The Morgan fingerprint density at radius 3 is 2.52 bits per heavy atom. The summed E-state index contributed by atoms with van der Waals surface area (Å²) in [5.41, 5.74) is 1.47. The standard InChI is InChI=1S/C25H40O5Si/c1-18(16-26)13-14-25(5)22(30-31(6,7)24(2,3)4)15-20-21(29-25)17-27-23(28-20)19-11-9-8-10-12-19/h8-13,20-23,26H,14-17H2,1-7H3/b18-13+/t20-,21+,22+,23?,25-/m0/s1. The quantitative estimate of drug-likeness (QED) is 0.468. The van der Waals surface area contributed by atoms with Gasteiger partial charge in [-0.1, -0.05) is 62.8 Å². The molecule has 6 heteroatoms. The SMILES string of the molecule is C/C(=C\C[C@]1(C)O[C@@H]2COC(c3ccccc3)O[C@H]2C[C@H]1O[Si](C)(C)C(C)(C)C)CO. The summed E-state index contributed by atoms with van der Waals surface area (Å²) in [4.78, 5) is 0. The molecule has 2 aliphatic rings. The van der Waals surface area contributed by atoms with Gasteiger partial charge in [-0.25, -0.2) is 0 Å². The number of aliphatic hydroxyl groups is 1. The summed E-state index contributed by atoms with van der Waals surface area (Å²) in [7, 11) is -2.02. The van der Waals surface area contributed by atoms with E-state index in [1.807, 2.05) is 37.3 Å². The van der Waals surface area contributed by atoms with Crippen LogP contribution in [0.1, 0.15) is 59.3 Å². The Hall–Kier alpha value is -1.02. The molecule has 3 rings (SSSR count). The lowest BCUT2D eigenvalue weighted by atomic mass is 9.85. The maximum Gasteiger partial charge on any atom is 0.192 e. The van der Waals surface area contributed by atoms with Gasteiger partial charge in [0.05, 0.1) is 31.0 Å². The molecule has 0 radical (unpaired) electrons. The molecule has 2 heterocycles. The third-order valence-corrected chi connectivity index (χ3v) is 11.6. The Balaban J connectivity index is 1.83. The van der Waals surface area contributed by atoms with Crippen molar-refractivity contribution >= 4 is 8.32 Å². The second-order valence-electron chi connectivity index (χ2n) is 10.7. The molecule has 1 aromatic rings. The van der Waals surface area contributed by atoms with E-state index in [-0.39, 0.29) is 36.2 Å². The third kappa shape index (κ3) is 5.67. The van der Waals surface area contributed by atoms with Crippen LogP contribution in [-0.4, -0.2) is 50.6 Å². The van der Waals surface area contributed by atoms with Crippen LogP contribution in [0.2, 0.25) is 18.1 Å². The van der Waals surface area contributed by atoms with Crippen LogP contribution in [-0.2, 0) is 18.6 Å². The molecule has 31 heavy (non-hydrogen) atoms. The number of ether oxygens (including phenoxy) is 3. The van der Waals surface area contributed by atoms with Crippen molar-refractivity contribution in [2.24, 2.45) is 0 Å². The zero-order valence-electron chi connectivity index (χ0n) is 20.2. The molecule has 0 spiro atoms. The molecule has 2 aliphatic heterocycles. The molecule has 0 saturated carbocycles. The first-order chi connectivity index (χ1) is 14.4. The van der Waals surface area contributed by atoms with Crippen LogP contribution < -0.4 is 0 Å². The average Bonchev–Trinajstić information content (AvgIpc) is 2.72. The maximum atomic E-state index is 9.46. The second-order valence-corrected chi connectivity index (χ2v) is 15.5. The van der Waals surface area contributed by atoms with Gasteiger partial charge in [-0.05, 0) is 38.4 Å². The fourth-order valence-corrected chi connectivity index (χ4v) is 5.30. The Labute approximate surface area is 188 Å². The Kier molecular flexibility index (Phi) is 7.51. The number of fused-ring (bicyclic) bond motifs is 1. The largest absolute Gasteiger partial charge is 0.411 e. The molecule has 2 fully saturated rings. The van der Waals surface area contributed by atoms with Crippen molar-refractivity contribution < 1.29 is 23.7 Å². The predicted octanol–water partition coefficient (Wildman–Crippen LogP) is 5.37. The first kappa shape index (κ1) is 24.6. The van der Waals surface area contributed by atoms with Gasteiger partial charge in [0.1, 0.15) is 6.10 Å². The van der Waals surface area contributed by atoms with Crippen molar-refractivity contribution in [1.82, 2.24) is 0 Å². The van der Waals surface area contributed by atoms with Crippen molar-refractivity contribution in [2.75, 3.05) is 13.2 Å². The van der Waals surface area contributed by atoms with Gasteiger partial charge >= 0.3 is 0 Å². The molecule has 174 valence electrons. The smallest absolute Gasteiger partial charge is 0.192 e. The van der Waals surface area contributed by atoms with E-state index in [1.54, 1.807) is 0 Å². The Morgan fingerprint density at radius 1 is 1.23 bits per heavy atom. The van der Waals surface area contributed by atoms with Crippen molar-refractivity contribution in [2.45, 2.75) is 95.8 Å². The average molecular weight is 449 g/mol.